The number of pyridine rings is 2. The third-order valence-electron chi connectivity index (χ3n) is 8.40. The normalized spacial score (nSPS) is 12.8. The number of carboxylic acids is 1. The fraction of sp³-hybridized carbons (Fsp3) is 0.278. The smallest absolute Gasteiger partial charge is 0.310 e. The van der Waals surface area contributed by atoms with Crippen molar-refractivity contribution in [3.63, 3.8) is 0 Å². The maximum Gasteiger partial charge on any atom is 0.310 e. The van der Waals surface area contributed by atoms with Gasteiger partial charge in [-0.3, -0.25) is 29.1 Å². The first kappa shape index (κ1) is 32.0. The van der Waals surface area contributed by atoms with Gasteiger partial charge in [-0.25, -0.2) is 0 Å². The quantitative estimate of drug-likeness (QED) is 0.231. The molecule has 236 valence electrons. The zero-order valence-electron chi connectivity index (χ0n) is 25.7. The fourth-order valence-corrected chi connectivity index (χ4v) is 6.40. The third-order valence-corrected chi connectivity index (χ3v) is 8.40. The van der Waals surface area contributed by atoms with Crippen molar-refractivity contribution in [2.24, 2.45) is 11.5 Å². The lowest BCUT2D eigenvalue weighted by molar-refractivity contribution is -0.142. The monoisotopic (exact) mass is 620 g/mol. The maximum atomic E-state index is 12.1. The van der Waals surface area contributed by atoms with Crippen LogP contribution >= 0.6 is 0 Å². The Hall–Kier alpha value is -5.38. The Morgan fingerprint density at radius 1 is 0.717 bits per heavy atom. The number of benzene rings is 2. The molecule has 2 aromatic carbocycles. The predicted molar refractivity (Wildman–Crippen MR) is 172 cm³/mol. The molecular formula is C36H36N4O6. The maximum absolute atomic E-state index is 12.1. The second-order valence-corrected chi connectivity index (χ2v) is 11.3. The summed E-state index contributed by atoms with van der Waals surface area (Å²) in [7, 11) is 0. The average molecular weight is 621 g/mol. The van der Waals surface area contributed by atoms with Crippen LogP contribution in [0.5, 0.6) is 0 Å². The summed E-state index contributed by atoms with van der Waals surface area (Å²) in [6.07, 6.45) is 9.34. The lowest BCUT2D eigenvalue weighted by Crippen LogP contribution is -2.13. The Morgan fingerprint density at radius 2 is 1.20 bits per heavy atom. The molecule has 5 N–H and O–H groups in total. The summed E-state index contributed by atoms with van der Waals surface area (Å²) in [5, 5.41) is 9.23. The number of hydrogen-bond donors (Lipinski definition) is 3. The zero-order chi connectivity index (χ0) is 32.8. The van der Waals surface area contributed by atoms with E-state index in [1.807, 2.05) is 24.3 Å². The highest BCUT2D eigenvalue weighted by Crippen LogP contribution is 2.35. The van der Waals surface area contributed by atoms with Crippen molar-refractivity contribution < 1.29 is 29.0 Å². The molecule has 0 unspecified atom stereocenters. The van der Waals surface area contributed by atoms with Gasteiger partial charge in [-0.05, 0) is 125 Å². The lowest BCUT2D eigenvalue weighted by Gasteiger charge is -2.15. The van der Waals surface area contributed by atoms with Crippen molar-refractivity contribution in [3.8, 4) is 22.3 Å². The van der Waals surface area contributed by atoms with Crippen molar-refractivity contribution in [1.29, 1.82) is 0 Å². The largest absolute Gasteiger partial charge is 0.481 e. The standard InChI is InChI=1S/C19H20N2O3.C17H16N2O3/c1-2-24-18(22)11-16-14-5-3-4-12(14)6-7-15(16)13-8-9-21-17(10-13)19(20)23;18-17(22)15-8-11(6-7-19-15)13-5-4-10-2-1-3-12(10)14(13)9-16(20)21/h6-10H,2-5,11H2,1H3,(H2,20,23);4-8H,1-3,9H2,(H2,18,22)(H,20,21). The molecule has 0 radical (unpaired) electrons. The molecule has 0 saturated carbocycles. The molecule has 46 heavy (non-hydrogen) atoms. The summed E-state index contributed by atoms with van der Waals surface area (Å²) in [6, 6.07) is 15.0. The molecule has 0 atom stereocenters. The van der Waals surface area contributed by atoms with Gasteiger partial charge in [0.2, 0.25) is 0 Å². The SMILES string of the molecule is CCOC(=O)Cc1c(-c2ccnc(C(N)=O)c2)ccc2c1CCC2.NC(=O)c1cc(-c2ccc3c(c2CC(=O)O)CCC3)ccn1. The van der Waals surface area contributed by atoms with Crippen molar-refractivity contribution in [3.05, 3.63) is 106 Å². The van der Waals surface area contributed by atoms with Crippen LogP contribution in [0.15, 0.2) is 60.9 Å². The topological polar surface area (TPSA) is 176 Å². The molecule has 2 aliphatic rings. The van der Waals surface area contributed by atoms with Crippen LogP contribution in [0.4, 0.5) is 0 Å². The molecule has 0 bridgehead atoms. The molecule has 0 aliphatic heterocycles. The van der Waals surface area contributed by atoms with Gasteiger partial charge in [0, 0.05) is 12.4 Å². The van der Waals surface area contributed by atoms with Crippen LogP contribution in [-0.4, -0.2) is 45.4 Å². The van der Waals surface area contributed by atoms with Gasteiger partial charge in [0.05, 0.1) is 19.4 Å². The minimum atomic E-state index is -0.856. The number of aromatic nitrogens is 2. The minimum absolute atomic E-state index is 0.0211. The minimum Gasteiger partial charge on any atom is -0.481 e. The van der Waals surface area contributed by atoms with E-state index in [4.69, 9.17) is 16.2 Å². The molecule has 0 spiro atoms. The summed E-state index contributed by atoms with van der Waals surface area (Å²) in [4.78, 5) is 53.9. The van der Waals surface area contributed by atoms with Gasteiger partial charge in [0.25, 0.3) is 11.8 Å². The zero-order valence-corrected chi connectivity index (χ0v) is 25.7. The van der Waals surface area contributed by atoms with E-state index >= 15 is 0 Å². The number of nitrogens with two attached hydrogens (primary N) is 2. The number of rotatable bonds is 9. The van der Waals surface area contributed by atoms with Crippen LogP contribution in [0.1, 0.15) is 74.1 Å². The number of esters is 1. The van der Waals surface area contributed by atoms with Crippen LogP contribution in [0, 0.1) is 0 Å². The van der Waals surface area contributed by atoms with Gasteiger partial charge in [-0.2, -0.15) is 0 Å². The van der Waals surface area contributed by atoms with Crippen LogP contribution in [0.2, 0.25) is 0 Å². The number of ether oxygens (including phenoxy) is 1. The third kappa shape index (κ3) is 7.12. The number of primary amides is 2. The highest BCUT2D eigenvalue weighted by atomic mass is 16.5. The van der Waals surface area contributed by atoms with Crippen molar-refractivity contribution in [2.45, 2.75) is 58.3 Å². The van der Waals surface area contributed by atoms with E-state index < -0.39 is 17.8 Å². The van der Waals surface area contributed by atoms with Gasteiger partial charge in [-0.15, -0.1) is 0 Å². The van der Waals surface area contributed by atoms with Gasteiger partial charge >= 0.3 is 11.9 Å². The van der Waals surface area contributed by atoms with E-state index in [-0.39, 0.29) is 30.2 Å². The number of carbonyl (C=O) groups excluding carboxylic acids is 3. The van der Waals surface area contributed by atoms with Crippen LogP contribution in [0.25, 0.3) is 22.3 Å². The number of amides is 2. The number of hydrogen-bond acceptors (Lipinski definition) is 7. The van der Waals surface area contributed by atoms with E-state index in [9.17, 15) is 24.3 Å². The lowest BCUT2D eigenvalue weighted by atomic mass is 9.91. The Kier molecular flexibility index (Phi) is 9.85. The molecule has 10 heteroatoms. The van der Waals surface area contributed by atoms with Gasteiger partial charge in [0.15, 0.2) is 0 Å². The number of aryl methyl sites for hydroxylation is 2. The van der Waals surface area contributed by atoms with E-state index in [1.54, 1.807) is 31.3 Å². The second kappa shape index (κ2) is 14.2. The number of carboxylic acid groups (broad SMARTS) is 1. The fourth-order valence-electron chi connectivity index (χ4n) is 6.40. The number of carbonyl (C=O) groups is 4. The summed E-state index contributed by atoms with van der Waals surface area (Å²) < 4.78 is 5.13. The van der Waals surface area contributed by atoms with Crippen LogP contribution in [0.3, 0.4) is 0 Å². The highest BCUT2D eigenvalue weighted by Gasteiger charge is 2.22. The average Bonchev–Trinajstić information content (AvgIpc) is 3.72. The first-order chi connectivity index (χ1) is 22.2. The molecule has 10 nitrogen and oxygen atoms in total. The molecule has 4 aromatic rings. The number of aliphatic carboxylic acids is 1. The van der Waals surface area contributed by atoms with Gasteiger partial charge in [0.1, 0.15) is 11.4 Å². The molecule has 2 amide bonds. The first-order valence-electron chi connectivity index (χ1n) is 15.3. The summed E-state index contributed by atoms with van der Waals surface area (Å²) in [5.74, 6) is -2.25. The molecule has 2 aromatic heterocycles. The van der Waals surface area contributed by atoms with Crippen molar-refractivity contribution in [2.75, 3.05) is 6.61 Å². The van der Waals surface area contributed by atoms with E-state index in [1.165, 1.54) is 22.9 Å². The molecule has 0 saturated heterocycles. The molecule has 2 heterocycles. The van der Waals surface area contributed by atoms with E-state index in [0.717, 1.165) is 77.5 Å². The number of fused-ring (bicyclic) bond motifs is 2. The number of nitrogens with zero attached hydrogens (tertiary/aromatic N) is 2. The Balaban J connectivity index is 0.000000182. The van der Waals surface area contributed by atoms with E-state index in [2.05, 4.69) is 16.0 Å². The Morgan fingerprint density at radius 3 is 1.63 bits per heavy atom. The van der Waals surface area contributed by atoms with E-state index in [0.29, 0.717) is 6.61 Å². The predicted octanol–water partition coefficient (Wildman–Crippen LogP) is 4.41. The summed E-state index contributed by atoms with van der Waals surface area (Å²) >= 11 is 0. The molecule has 0 fully saturated rings. The van der Waals surface area contributed by atoms with Crippen LogP contribution in [-0.2, 0) is 52.9 Å². The Labute approximate surface area is 266 Å². The van der Waals surface area contributed by atoms with Gasteiger partial charge in [-0.1, -0.05) is 24.3 Å². The molecular weight excluding hydrogens is 584 g/mol. The Bertz CT molecular complexity index is 1830. The summed E-state index contributed by atoms with van der Waals surface area (Å²) in [5.41, 5.74) is 21.1. The summed E-state index contributed by atoms with van der Waals surface area (Å²) in [6.45, 7) is 2.17. The first-order valence-corrected chi connectivity index (χ1v) is 15.3. The van der Waals surface area contributed by atoms with Crippen molar-refractivity contribution >= 4 is 23.8 Å². The van der Waals surface area contributed by atoms with Gasteiger partial charge < -0.3 is 21.3 Å². The van der Waals surface area contributed by atoms with Crippen molar-refractivity contribution in [1.82, 2.24) is 9.97 Å². The molecule has 2 aliphatic carbocycles. The second-order valence-electron chi connectivity index (χ2n) is 11.3. The molecule has 6 rings (SSSR count). The highest BCUT2D eigenvalue weighted by molar-refractivity contribution is 5.93. The van der Waals surface area contributed by atoms with Crippen LogP contribution < -0.4 is 11.5 Å².